The molecule has 0 unspecified atom stereocenters. The molecule has 1 aliphatic carbocycles. The van der Waals surface area contributed by atoms with E-state index in [-0.39, 0.29) is 0 Å². The molecule has 0 bridgehead atoms. The van der Waals surface area contributed by atoms with Gasteiger partial charge in [-0.3, -0.25) is 4.99 Å². The van der Waals surface area contributed by atoms with Crippen LogP contribution in [0.3, 0.4) is 0 Å². The van der Waals surface area contributed by atoms with E-state index in [1.807, 2.05) is 18.2 Å². The first-order valence-corrected chi connectivity index (χ1v) is 8.83. The summed E-state index contributed by atoms with van der Waals surface area (Å²) >= 11 is 0. The lowest BCUT2D eigenvalue weighted by atomic mass is 9.78. The Morgan fingerprint density at radius 3 is 2.61 bits per heavy atom. The van der Waals surface area contributed by atoms with Crippen LogP contribution in [0.1, 0.15) is 46.0 Å². The third-order valence-electron chi connectivity index (χ3n) is 4.91. The molecular weight excluding hydrogens is 284 g/mol. The molecule has 1 aliphatic heterocycles. The molecule has 1 heterocycles. The molecule has 0 aromatic heterocycles. The van der Waals surface area contributed by atoms with Crippen LogP contribution in [-0.2, 0) is 0 Å². The van der Waals surface area contributed by atoms with Gasteiger partial charge in [-0.05, 0) is 43.2 Å². The number of hydrogen-bond donors (Lipinski definition) is 1. The zero-order valence-electron chi connectivity index (χ0n) is 14.7. The van der Waals surface area contributed by atoms with E-state index in [2.05, 4.69) is 26.0 Å². The van der Waals surface area contributed by atoms with Gasteiger partial charge in [0.1, 0.15) is 11.4 Å². The van der Waals surface area contributed by atoms with Crippen LogP contribution in [0.5, 0.6) is 5.75 Å². The van der Waals surface area contributed by atoms with Gasteiger partial charge in [-0.2, -0.15) is 0 Å². The van der Waals surface area contributed by atoms with E-state index in [1.54, 1.807) is 17.7 Å². The average molecular weight is 313 g/mol. The van der Waals surface area contributed by atoms with Crippen LogP contribution in [0.25, 0.3) is 0 Å². The molecule has 1 aromatic rings. The number of aliphatic imine (C=N–C) groups is 1. The molecule has 1 saturated heterocycles. The maximum atomic E-state index is 5.31. The van der Waals surface area contributed by atoms with E-state index in [4.69, 9.17) is 9.73 Å². The summed E-state index contributed by atoms with van der Waals surface area (Å²) in [6, 6.07) is 8.04. The van der Waals surface area contributed by atoms with Crippen molar-refractivity contribution in [3.05, 3.63) is 36.0 Å². The first-order valence-electron chi connectivity index (χ1n) is 8.83. The van der Waals surface area contributed by atoms with Crippen LogP contribution in [0, 0.1) is 5.41 Å². The van der Waals surface area contributed by atoms with Gasteiger partial charge >= 0.3 is 0 Å². The molecule has 0 radical (unpaired) electrons. The second-order valence-electron chi connectivity index (χ2n) is 7.66. The van der Waals surface area contributed by atoms with Crippen molar-refractivity contribution in [1.29, 1.82) is 0 Å². The number of nitrogens with one attached hydrogen (secondary N) is 1. The van der Waals surface area contributed by atoms with Crippen molar-refractivity contribution >= 4 is 11.4 Å². The highest BCUT2D eigenvalue weighted by Gasteiger charge is 2.32. The SMILES string of the molecule is COc1cccc(N=C2C=C([NH+]3CCCCC3)CC(C)(C)C2)c1. The first kappa shape index (κ1) is 16.3. The van der Waals surface area contributed by atoms with Crippen molar-refractivity contribution in [3.8, 4) is 5.75 Å². The van der Waals surface area contributed by atoms with Crippen molar-refractivity contribution < 1.29 is 9.64 Å². The predicted octanol–water partition coefficient (Wildman–Crippen LogP) is 3.54. The number of rotatable bonds is 3. The predicted molar refractivity (Wildman–Crippen MR) is 95.7 cm³/mol. The second-order valence-corrected chi connectivity index (χ2v) is 7.66. The van der Waals surface area contributed by atoms with Gasteiger partial charge in [0, 0.05) is 24.3 Å². The van der Waals surface area contributed by atoms with E-state index >= 15 is 0 Å². The zero-order chi connectivity index (χ0) is 16.3. The summed E-state index contributed by atoms with van der Waals surface area (Å²) in [5, 5.41) is 0. The van der Waals surface area contributed by atoms with Gasteiger partial charge in [-0.1, -0.05) is 19.9 Å². The molecule has 23 heavy (non-hydrogen) atoms. The quantitative estimate of drug-likeness (QED) is 0.907. The Kier molecular flexibility index (Phi) is 4.86. The average Bonchev–Trinajstić information content (AvgIpc) is 2.54. The Bertz CT molecular complexity index is 610. The van der Waals surface area contributed by atoms with Crippen LogP contribution >= 0.6 is 0 Å². The lowest BCUT2D eigenvalue weighted by Gasteiger charge is -2.34. The summed E-state index contributed by atoms with van der Waals surface area (Å²) in [6.45, 7) is 7.30. The van der Waals surface area contributed by atoms with Gasteiger partial charge in [0.25, 0.3) is 0 Å². The number of ether oxygens (including phenoxy) is 1. The van der Waals surface area contributed by atoms with E-state index in [0.717, 1.165) is 17.9 Å². The lowest BCUT2D eigenvalue weighted by Crippen LogP contribution is -3.11. The van der Waals surface area contributed by atoms with E-state index in [0.29, 0.717) is 5.41 Å². The van der Waals surface area contributed by atoms with Crippen molar-refractivity contribution in [2.45, 2.75) is 46.0 Å². The maximum absolute atomic E-state index is 5.31. The minimum Gasteiger partial charge on any atom is -0.497 e. The topological polar surface area (TPSA) is 26.0 Å². The number of quaternary nitrogens is 1. The molecular formula is C20H29N2O+. The fourth-order valence-electron chi connectivity index (χ4n) is 3.82. The number of methoxy groups -OCH3 is 1. The number of likely N-dealkylation sites (tertiary alicyclic amines) is 1. The normalized spacial score (nSPS) is 23.6. The molecule has 1 N–H and O–H groups in total. The number of benzene rings is 1. The maximum Gasteiger partial charge on any atom is 0.121 e. The number of allylic oxidation sites excluding steroid dienone is 2. The molecule has 3 heteroatoms. The standard InChI is InChI=1S/C20H28N2O/c1-20(2)14-17(21-16-8-7-9-19(13-16)23-3)12-18(15-20)22-10-5-4-6-11-22/h7-9,12-13H,4-6,10-11,14-15H2,1-3H3/p+1. The fraction of sp³-hybridized carbons (Fsp3) is 0.550. The third-order valence-corrected chi connectivity index (χ3v) is 4.91. The molecule has 1 fully saturated rings. The summed E-state index contributed by atoms with van der Waals surface area (Å²) in [7, 11) is 1.70. The van der Waals surface area contributed by atoms with Crippen LogP contribution in [0.2, 0.25) is 0 Å². The van der Waals surface area contributed by atoms with Gasteiger partial charge in [0.05, 0.1) is 25.9 Å². The molecule has 124 valence electrons. The van der Waals surface area contributed by atoms with E-state index in [1.165, 1.54) is 44.5 Å². The van der Waals surface area contributed by atoms with Gasteiger partial charge in [0.2, 0.25) is 0 Å². The molecule has 0 amide bonds. The minimum atomic E-state index is 0.298. The van der Waals surface area contributed by atoms with E-state index < -0.39 is 0 Å². The first-order chi connectivity index (χ1) is 11.1. The van der Waals surface area contributed by atoms with Crippen molar-refractivity contribution in [2.75, 3.05) is 20.2 Å². The molecule has 2 aliphatic rings. The summed E-state index contributed by atoms with van der Waals surface area (Å²) in [6.07, 6.45) is 8.71. The molecule has 0 spiro atoms. The van der Waals surface area contributed by atoms with Crippen LogP contribution < -0.4 is 9.64 Å². The summed E-state index contributed by atoms with van der Waals surface area (Å²) in [5.74, 6) is 0.868. The Hall–Kier alpha value is -1.61. The molecule has 1 aromatic carbocycles. The van der Waals surface area contributed by atoms with Crippen LogP contribution in [-0.4, -0.2) is 25.9 Å². The lowest BCUT2D eigenvalue weighted by molar-refractivity contribution is -0.868. The third kappa shape index (κ3) is 4.23. The summed E-state index contributed by atoms with van der Waals surface area (Å²) in [5.41, 5.74) is 4.05. The van der Waals surface area contributed by atoms with Crippen molar-refractivity contribution in [2.24, 2.45) is 10.4 Å². The molecule has 3 rings (SSSR count). The fourth-order valence-corrected chi connectivity index (χ4v) is 3.82. The summed E-state index contributed by atoms with van der Waals surface area (Å²) in [4.78, 5) is 6.60. The molecule has 3 nitrogen and oxygen atoms in total. The van der Waals surface area contributed by atoms with Crippen LogP contribution in [0.4, 0.5) is 5.69 Å². The Balaban J connectivity index is 1.88. The van der Waals surface area contributed by atoms with Crippen molar-refractivity contribution in [1.82, 2.24) is 0 Å². The number of piperidine rings is 1. The monoisotopic (exact) mass is 313 g/mol. The Labute approximate surface area is 140 Å². The number of nitrogens with zero attached hydrogens (tertiary/aromatic N) is 1. The molecule has 0 saturated carbocycles. The highest BCUT2D eigenvalue weighted by molar-refractivity contribution is 5.98. The van der Waals surface area contributed by atoms with Crippen LogP contribution in [0.15, 0.2) is 41.0 Å². The smallest absolute Gasteiger partial charge is 0.121 e. The second kappa shape index (κ2) is 6.88. The summed E-state index contributed by atoms with van der Waals surface area (Å²) < 4.78 is 5.31. The van der Waals surface area contributed by atoms with Gasteiger partial charge in [-0.25, -0.2) is 0 Å². The van der Waals surface area contributed by atoms with Crippen molar-refractivity contribution in [3.63, 3.8) is 0 Å². The highest BCUT2D eigenvalue weighted by Crippen LogP contribution is 2.33. The number of hydrogen-bond acceptors (Lipinski definition) is 2. The van der Waals surface area contributed by atoms with Gasteiger partial charge in [-0.15, -0.1) is 0 Å². The Morgan fingerprint density at radius 1 is 1.09 bits per heavy atom. The zero-order valence-corrected chi connectivity index (χ0v) is 14.7. The Morgan fingerprint density at radius 2 is 1.87 bits per heavy atom. The van der Waals surface area contributed by atoms with Gasteiger partial charge in [0.15, 0.2) is 0 Å². The molecule has 0 atom stereocenters. The largest absolute Gasteiger partial charge is 0.497 e. The highest BCUT2D eigenvalue weighted by atomic mass is 16.5. The van der Waals surface area contributed by atoms with Gasteiger partial charge < -0.3 is 9.64 Å². The van der Waals surface area contributed by atoms with E-state index in [9.17, 15) is 0 Å². The minimum absolute atomic E-state index is 0.298.